The highest BCUT2D eigenvalue weighted by molar-refractivity contribution is 5.02. The Hall–Kier alpha value is -0.0800. The van der Waals surface area contributed by atoms with Gasteiger partial charge in [0.15, 0.2) is 0 Å². The fraction of sp³-hybridized carbons (Fsp3) is 1.00. The zero-order valence-corrected chi connectivity index (χ0v) is 13.3. The Bertz CT molecular complexity index is 217. The first-order valence-corrected chi connectivity index (χ1v) is 8.14. The minimum absolute atomic E-state index is 0.377. The molecule has 0 aliphatic carbocycles. The van der Waals surface area contributed by atoms with Crippen molar-refractivity contribution in [3.8, 4) is 0 Å². The number of rotatable bonds is 8. The summed E-state index contributed by atoms with van der Waals surface area (Å²) in [4.78, 5) is 2.78. The summed E-state index contributed by atoms with van der Waals surface area (Å²) in [6, 6.07) is 0.639. The van der Waals surface area contributed by atoms with E-state index < -0.39 is 0 Å². The first-order valence-electron chi connectivity index (χ1n) is 8.14. The maximum absolute atomic E-state index is 3.81. The van der Waals surface area contributed by atoms with Crippen LogP contribution in [0.25, 0.3) is 0 Å². The standard InChI is InChI=1S/C16H34N2/c1-6-14(5)15(17-9-4)16(7-2,8-3)18-12-10-11-13-18/h14-15,17H,6-13H2,1-5H3. The van der Waals surface area contributed by atoms with Crippen molar-refractivity contribution in [3.05, 3.63) is 0 Å². The summed E-state index contributed by atoms with van der Waals surface area (Å²) in [5, 5.41) is 3.81. The van der Waals surface area contributed by atoms with Gasteiger partial charge in [-0.15, -0.1) is 0 Å². The van der Waals surface area contributed by atoms with Gasteiger partial charge in [-0.2, -0.15) is 0 Å². The number of likely N-dealkylation sites (tertiary alicyclic amines) is 1. The molecule has 0 radical (unpaired) electrons. The maximum atomic E-state index is 3.81. The second-order valence-electron chi connectivity index (χ2n) is 5.93. The molecule has 0 aromatic heterocycles. The first-order chi connectivity index (χ1) is 8.66. The number of hydrogen-bond acceptors (Lipinski definition) is 2. The molecule has 2 heteroatoms. The first kappa shape index (κ1) is 16.0. The van der Waals surface area contributed by atoms with Crippen LogP contribution in [0.4, 0.5) is 0 Å². The Kier molecular flexibility index (Phi) is 6.65. The van der Waals surface area contributed by atoms with Crippen LogP contribution in [-0.2, 0) is 0 Å². The van der Waals surface area contributed by atoms with Gasteiger partial charge in [0.2, 0.25) is 0 Å². The molecule has 1 N–H and O–H groups in total. The summed E-state index contributed by atoms with van der Waals surface area (Å²) in [6.07, 6.45) is 6.59. The van der Waals surface area contributed by atoms with Crippen molar-refractivity contribution in [2.45, 2.75) is 78.3 Å². The summed E-state index contributed by atoms with van der Waals surface area (Å²) in [5.74, 6) is 0.755. The Morgan fingerprint density at radius 3 is 2.00 bits per heavy atom. The van der Waals surface area contributed by atoms with Crippen LogP contribution < -0.4 is 5.32 Å². The number of likely N-dealkylation sites (N-methyl/N-ethyl adjacent to an activating group) is 1. The third-order valence-corrected chi connectivity index (χ3v) is 5.18. The topological polar surface area (TPSA) is 15.3 Å². The molecule has 1 aliphatic heterocycles. The van der Waals surface area contributed by atoms with Crippen molar-refractivity contribution < 1.29 is 0 Å². The molecule has 18 heavy (non-hydrogen) atoms. The number of nitrogens with zero attached hydrogens (tertiary/aromatic N) is 1. The molecule has 1 saturated heterocycles. The minimum atomic E-state index is 0.377. The van der Waals surface area contributed by atoms with Gasteiger partial charge in [-0.3, -0.25) is 4.90 Å². The molecule has 1 rings (SSSR count). The molecule has 0 aromatic carbocycles. The van der Waals surface area contributed by atoms with Crippen molar-refractivity contribution in [1.29, 1.82) is 0 Å². The summed E-state index contributed by atoms with van der Waals surface area (Å²) < 4.78 is 0. The molecule has 0 amide bonds. The van der Waals surface area contributed by atoms with Crippen LogP contribution in [0, 0.1) is 5.92 Å². The second-order valence-corrected chi connectivity index (χ2v) is 5.93. The smallest absolute Gasteiger partial charge is 0.0359 e. The lowest BCUT2D eigenvalue weighted by atomic mass is 9.76. The van der Waals surface area contributed by atoms with Crippen molar-refractivity contribution >= 4 is 0 Å². The van der Waals surface area contributed by atoms with Gasteiger partial charge < -0.3 is 5.32 Å². The van der Waals surface area contributed by atoms with Crippen molar-refractivity contribution in [1.82, 2.24) is 10.2 Å². The van der Waals surface area contributed by atoms with Gasteiger partial charge in [0, 0.05) is 11.6 Å². The predicted molar refractivity (Wildman–Crippen MR) is 81.0 cm³/mol. The van der Waals surface area contributed by atoms with Crippen LogP contribution in [-0.4, -0.2) is 36.1 Å². The zero-order chi connectivity index (χ0) is 13.6. The monoisotopic (exact) mass is 254 g/mol. The largest absolute Gasteiger partial charge is 0.312 e. The van der Waals surface area contributed by atoms with E-state index in [1.807, 2.05) is 0 Å². The van der Waals surface area contributed by atoms with Crippen molar-refractivity contribution in [2.24, 2.45) is 5.92 Å². The minimum Gasteiger partial charge on any atom is -0.312 e. The average Bonchev–Trinajstić information content (AvgIpc) is 2.93. The normalized spacial score (nSPS) is 21.2. The molecule has 1 heterocycles. The lowest BCUT2D eigenvalue weighted by Crippen LogP contribution is -2.62. The van der Waals surface area contributed by atoms with Gasteiger partial charge in [-0.1, -0.05) is 41.0 Å². The predicted octanol–water partition coefficient (Wildman–Crippen LogP) is 3.67. The molecule has 1 fully saturated rings. The number of hydrogen-bond donors (Lipinski definition) is 1. The summed E-state index contributed by atoms with van der Waals surface area (Å²) >= 11 is 0. The van der Waals surface area contributed by atoms with Crippen LogP contribution in [0.3, 0.4) is 0 Å². The van der Waals surface area contributed by atoms with Gasteiger partial charge >= 0.3 is 0 Å². The molecule has 2 nitrogen and oxygen atoms in total. The van der Waals surface area contributed by atoms with E-state index in [1.165, 1.54) is 45.2 Å². The van der Waals surface area contributed by atoms with Crippen LogP contribution in [0.1, 0.15) is 66.7 Å². The van der Waals surface area contributed by atoms with E-state index >= 15 is 0 Å². The second kappa shape index (κ2) is 7.49. The van der Waals surface area contributed by atoms with E-state index in [1.54, 1.807) is 0 Å². The fourth-order valence-corrected chi connectivity index (χ4v) is 3.87. The van der Waals surface area contributed by atoms with E-state index in [-0.39, 0.29) is 0 Å². The summed E-state index contributed by atoms with van der Waals surface area (Å²) in [6.45, 7) is 15.5. The Balaban J connectivity index is 2.96. The molecular weight excluding hydrogens is 220 g/mol. The Morgan fingerprint density at radius 1 is 1.06 bits per heavy atom. The molecule has 1 aliphatic rings. The lowest BCUT2D eigenvalue weighted by molar-refractivity contribution is 0.0403. The quantitative estimate of drug-likeness (QED) is 0.711. The SMILES string of the molecule is CCNC(C(C)CC)C(CC)(CC)N1CCCC1. The van der Waals surface area contributed by atoms with Crippen molar-refractivity contribution in [3.63, 3.8) is 0 Å². The fourth-order valence-electron chi connectivity index (χ4n) is 3.87. The highest BCUT2D eigenvalue weighted by Gasteiger charge is 2.43. The van der Waals surface area contributed by atoms with Crippen molar-refractivity contribution in [2.75, 3.05) is 19.6 Å². The Labute approximate surface area is 115 Å². The summed E-state index contributed by atoms with van der Waals surface area (Å²) in [5.41, 5.74) is 0.377. The zero-order valence-electron chi connectivity index (χ0n) is 13.3. The highest BCUT2D eigenvalue weighted by Crippen LogP contribution is 2.35. The van der Waals surface area contributed by atoms with E-state index in [2.05, 4.69) is 44.8 Å². The average molecular weight is 254 g/mol. The molecule has 0 saturated carbocycles. The van der Waals surface area contributed by atoms with E-state index in [0.717, 1.165) is 12.5 Å². The van der Waals surface area contributed by atoms with Crippen LogP contribution >= 0.6 is 0 Å². The van der Waals surface area contributed by atoms with Crippen LogP contribution in [0.15, 0.2) is 0 Å². The van der Waals surface area contributed by atoms with Gasteiger partial charge in [-0.05, 0) is 51.2 Å². The highest BCUT2D eigenvalue weighted by atomic mass is 15.2. The van der Waals surface area contributed by atoms with Gasteiger partial charge in [0.1, 0.15) is 0 Å². The lowest BCUT2D eigenvalue weighted by Gasteiger charge is -2.49. The molecule has 2 unspecified atom stereocenters. The van der Waals surface area contributed by atoms with Crippen LogP contribution in [0.5, 0.6) is 0 Å². The maximum Gasteiger partial charge on any atom is 0.0359 e. The van der Waals surface area contributed by atoms with Gasteiger partial charge in [0.25, 0.3) is 0 Å². The number of nitrogens with one attached hydrogen (secondary N) is 1. The van der Waals surface area contributed by atoms with Gasteiger partial charge in [0.05, 0.1) is 0 Å². The van der Waals surface area contributed by atoms with Gasteiger partial charge in [-0.25, -0.2) is 0 Å². The Morgan fingerprint density at radius 2 is 1.61 bits per heavy atom. The molecule has 108 valence electrons. The molecular formula is C16H34N2. The molecule has 2 atom stereocenters. The third kappa shape index (κ3) is 3.08. The molecule has 0 bridgehead atoms. The van der Waals surface area contributed by atoms with E-state index in [0.29, 0.717) is 11.6 Å². The van der Waals surface area contributed by atoms with E-state index in [4.69, 9.17) is 0 Å². The third-order valence-electron chi connectivity index (χ3n) is 5.18. The summed E-state index contributed by atoms with van der Waals surface area (Å²) in [7, 11) is 0. The van der Waals surface area contributed by atoms with Crippen LogP contribution in [0.2, 0.25) is 0 Å². The molecule has 0 spiro atoms. The molecule has 0 aromatic rings. The van der Waals surface area contributed by atoms with E-state index in [9.17, 15) is 0 Å².